The normalized spacial score (nSPS) is 14.3. The quantitative estimate of drug-likeness (QED) is 0.128. The first-order chi connectivity index (χ1) is 28.4. The number of ether oxygens (including phenoxy) is 1. The SMILES string of the molecule is [2H]c1c([2H])c([2H])c2c(c1[2H])[N+](c1[c-]c(Oc3[c-]c4c(cc3)c3cnccc3n4-c3cc(C(C)(C)C)ccn3)cc(C(C)(C)C)c1)=C=[N+]2c1c(C(C)(C)C)cccc1C(C)(C)C.[Pt+2]. The molecule has 7 aromatic rings. The third-order valence-corrected chi connectivity index (χ3v) is 10.6. The van der Waals surface area contributed by atoms with E-state index in [1.54, 1.807) is 10.8 Å². The van der Waals surface area contributed by atoms with Crippen LogP contribution in [-0.4, -0.2) is 20.5 Å². The molecule has 3 aromatic heterocycles. The third-order valence-electron chi connectivity index (χ3n) is 10.6. The number of para-hydroxylation sites is 3. The molecule has 0 bridgehead atoms. The molecule has 0 unspecified atom stereocenters. The van der Waals surface area contributed by atoms with Crippen LogP contribution in [-0.2, 0) is 42.7 Å². The Bertz CT molecular complexity index is 2990. The van der Waals surface area contributed by atoms with Crippen molar-refractivity contribution in [2.75, 3.05) is 0 Å². The van der Waals surface area contributed by atoms with E-state index in [0.717, 1.165) is 55.6 Å². The molecule has 1 aliphatic rings. The van der Waals surface area contributed by atoms with Gasteiger partial charge in [-0.1, -0.05) is 136 Å². The molecule has 0 saturated heterocycles. The van der Waals surface area contributed by atoms with E-state index in [2.05, 4.69) is 141 Å². The van der Waals surface area contributed by atoms with Crippen molar-refractivity contribution in [1.29, 1.82) is 0 Å². The minimum atomic E-state index is -0.338. The number of benzene rings is 4. The largest absolute Gasteiger partial charge is 2.00 e. The summed E-state index contributed by atoms with van der Waals surface area (Å²) in [6.45, 7) is 25.9. The molecule has 0 aliphatic carbocycles. The molecule has 0 radical (unpaired) electrons. The van der Waals surface area contributed by atoms with E-state index in [1.165, 1.54) is 0 Å². The van der Waals surface area contributed by atoms with Crippen molar-refractivity contribution in [3.05, 3.63) is 138 Å². The Labute approximate surface area is 363 Å². The van der Waals surface area contributed by atoms with Gasteiger partial charge in [0.05, 0.1) is 5.48 Å². The summed E-state index contributed by atoms with van der Waals surface area (Å²) >= 11 is 0. The Hall–Kier alpha value is -5.15. The van der Waals surface area contributed by atoms with Crippen LogP contribution in [0.2, 0.25) is 0 Å². The van der Waals surface area contributed by atoms with Gasteiger partial charge in [0.2, 0.25) is 5.69 Å². The average molecular weight is 951 g/mol. The van der Waals surface area contributed by atoms with Crippen molar-refractivity contribution in [3.8, 4) is 17.3 Å². The summed E-state index contributed by atoms with van der Waals surface area (Å²) in [4.78, 5) is 9.27. The molecule has 58 heavy (non-hydrogen) atoms. The molecule has 0 N–H and O–H groups in total. The average Bonchev–Trinajstić information content (AvgIpc) is 3.74. The van der Waals surface area contributed by atoms with E-state index in [-0.39, 0.29) is 66.9 Å². The Morgan fingerprint density at radius 1 is 0.672 bits per heavy atom. The van der Waals surface area contributed by atoms with Crippen molar-refractivity contribution in [2.24, 2.45) is 0 Å². The Kier molecular flexibility index (Phi) is 9.05. The number of pyridine rings is 2. The molecule has 8 rings (SSSR count). The summed E-state index contributed by atoms with van der Waals surface area (Å²) < 4.78 is 48.6. The van der Waals surface area contributed by atoms with E-state index in [0.29, 0.717) is 28.6 Å². The van der Waals surface area contributed by atoms with Gasteiger partial charge in [0.25, 0.3) is 11.4 Å². The van der Waals surface area contributed by atoms with Gasteiger partial charge in [-0.15, -0.1) is 29.1 Å². The predicted octanol–water partition coefficient (Wildman–Crippen LogP) is 13.0. The zero-order valence-corrected chi connectivity index (χ0v) is 37.7. The first-order valence-electron chi connectivity index (χ1n) is 21.6. The van der Waals surface area contributed by atoms with Gasteiger partial charge < -0.3 is 9.30 Å². The van der Waals surface area contributed by atoms with E-state index < -0.39 is 0 Å². The second-order valence-electron chi connectivity index (χ2n) is 19.1. The molecular formula is C51H53N5OPt+2. The number of hydrogen-bond donors (Lipinski definition) is 0. The summed E-state index contributed by atoms with van der Waals surface area (Å²) in [6.07, 6.45) is 5.50. The molecule has 0 spiro atoms. The second-order valence-corrected chi connectivity index (χ2v) is 19.1. The molecule has 0 saturated carbocycles. The number of aromatic nitrogens is 3. The number of fused-ring (bicyclic) bond motifs is 4. The van der Waals surface area contributed by atoms with E-state index in [1.807, 2.05) is 47.3 Å². The fraction of sp³-hybridized carbons (Fsp3) is 0.314. The van der Waals surface area contributed by atoms with Crippen LogP contribution in [0.1, 0.15) is 111 Å². The van der Waals surface area contributed by atoms with Gasteiger partial charge in [0.15, 0.2) is 0 Å². The zero-order chi connectivity index (χ0) is 44.1. The van der Waals surface area contributed by atoms with Crippen LogP contribution in [0.3, 0.4) is 0 Å². The summed E-state index contributed by atoms with van der Waals surface area (Å²) in [5, 5.41) is 1.94. The summed E-state index contributed by atoms with van der Waals surface area (Å²) in [7, 11) is 0. The molecule has 4 heterocycles. The molecule has 296 valence electrons. The van der Waals surface area contributed by atoms with Gasteiger partial charge in [-0.2, -0.15) is 6.07 Å². The summed E-state index contributed by atoms with van der Waals surface area (Å²) in [5.74, 6) is 1.66. The minimum absolute atomic E-state index is 0. The van der Waals surface area contributed by atoms with Crippen molar-refractivity contribution in [2.45, 2.75) is 105 Å². The third kappa shape index (κ3) is 7.49. The van der Waals surface area contributed by atoms with Gasteiger partial charge >= 0.3 is 27.1 Å². The van der Waals surface area contributed by atoms with E-state index in [9.17, 15) is 2.74 Å². The van der Waals surface area contributed by atoms with Crippen LogP contribution < -0.4 is 13.9 Å². The standard InChI is InChI=1S/C51H53N5O.Pt/c1-48(2,3)33-22-25-53-46(28-33)56-42-23-24-52-31-39(42)38-21-20-36(30-45(38)56)57-37-27-34(49(4,5)6)26-35(29-37)54-32-55(44-19-14-13-18-43(44)54)47-40(50(7,8)9)16-15-17-41(47)51(10,11)12;/h13-28,31H,1-12H3;/q;+2/i13D,14D,18D,19D;. The number of hydrogen-bond acceptors (Lipinski definition) is 3. The summed E-state index contributed by atoms with van der Waals surface area (Å²) in [6, 6.07) is 30.0. The maximum atomic E-state index is 9.31. The number of rotatable bonds is 5. The molecular weight excluding hydrogens is 894 g/mol. The van der Waals surface area contributed by atoms with Gasteiger partial charge in [0.1, 0.15) is 11.5 Å². The van der Waals surface area contributed by atoms with Crippen LogP contribution in [0.15, 0.2) is 103 Å². The second kappa shape index (κ2) is 14.6. The van der Waals surface area contributed by atoms with Gasteiger partial charge in [-0.3, -0.25) is 4.98 Å². The first-order valence-corrected chi connectivity index (χ1v) is 19.6. The molecule has 6 nitrogen and oxygen atoms in total. The number of nitrogens with zero attached hydrogens (tertiary/aromatic N) is 5. The molecule has 1 aliphatic heterocycles. The van der Waals surface area contributed by atoms with Crippen LogP contribution in [0.25, 0.3) is 27.6 Å². The van der Waals surface area contributed by atoms with Gasteiger partial charge in [-0.25, -0.2) is 4.98 Å². The molecule has 4 aromatic carbocycles. The predicted molar refractivity (Wildman–Crippen MR) is 236 cm³/mol. The Balaban J connectivity index is 0.00000578. The molecule has 0 fully saturated rings. The minimum Gasteiger partial charge on any atom is -0.509 e. The van der Waals surface area contributed by atoms with Crippen molar-refractivity contribution in [1.82, 2.24) is 23.7 Å². The summed E-state index contributed by atoms with van der Waals surface area (Å²) in [5.41, 5.74) is 6.86. The molecule has 0 atom stereocenters. The first kappa shape index (κ1) is 36.0. The van der Waals surface area contributed by atoms with Crippen LogP contribution in [0.5, 0.6) is 11.5 Å². The maximum absolute atomic E-state index is 9.31. The Morgan fingerprint density at radius 3 is 1.97 bits per heavy atom. The smallest absolute Gasteiger partial charge is 0.509 e. The van der Waals surface area contributed by atoms with Crippen LogP contribution >= 0.6 is 0 Å². The van der Waals surface area contributed by atoms with Crippen molar-refractivity contribution >= 4 is 50.6 Å². The van der Waals surface area contributed by atoms with E-state index in [4.69, 9.17) is 12.5 Å². The van der Waals surface area contributed by atoms with E-state index >= 15 is 0 Å². The van der Waals surface area contributed by atoms with Crippen LogP contribution in [0.4, 0.5) is 22.7 Å². The fourth-order valence-corrected chi connectivity index (χ4v) is 7.48. The van der Waals surface area contributed by atoms with Gasteiger partial charge in [-0.05, 0) is 55.4 Å². The topological polar surface area (TPSA) is 46.0 Å². The maximum Gasteiger partial charge on any atom is 2.00 e. The molecule has 0 amide bonds. The molecule has 7 heteroatoms. The fourth-order valence-electron chi connectivity index (χ4n) is 7.48. The van der Waals surface area contributed by atoms with Gasteiger partial charge in [0, 0.05) is 58.8 Å². The van der Waals surface area contributed by atoms with Crippen LogP contribution in [0, 0.1) is 12.1 Å². The zero-order valence-electron chi connectivity index (χ0n) is 39.5. The Morgan fingerprint density at radius 2 is 1.33 bits per heavy atom. The van der Waals surface area contributed by atoms with Crippen molar-refractivity contribution in [3.63, 3.8) is 0 Å². The van der Waals surface area contributed by atoms with Crippen molar-refractivity contribution < 1.29 is 31.3 Å². The monoisotopic (exact) mass is 950 g/mol.